The molecule has 2 aromatic heterocycles. The van der Waals surface area contributed by atoms with Gasteiger partial charge in [-0.3, -0.25) is 9.78 Å². The van der Waals surface area contributed by atoms with Crippen molar-refractivity contribution in [1.29, 1.82) is 0 Å². The molecule has 1 amide bonds. The van der Waals surface area contributed by atoms with Crippen LogP contribution in [0.15, 0.2) is 36.7 Å². The van der Waals surface area contributed by atoms with Crippen LogP contribution >= 0.6 is 0 Å². The summed E-state index contributed by atoms with van der Waals surface area (Å²) >= 11 is 0. The number of amides is 1. The van der Waals surface area contributed by atoms with Gasteiger partial charge >= 0.3 is 0 Å². The maximum atomic E-state index is 14.5. The molecule has 2 atom stereocenters. The Morgan fingerprint density at radius 1 is 1.14 bits per heavy atom. The normalized spacial score (nSPS) is 27.9. The molecule has 3 aliphatic carbocycles. The van der Waals surface area contributed by atoms with Crippen LogP contribution in [0.2, 0.25) is 0 Å². The quantitative estimate of drug-likeness (QED) is 0.595. The Balaban J connectivity index is 1.42. The molecule has 9 heteroatoms. The summed E-state index contributed by atoms with van der Waals surface area (Å²) in [6.45, 7) is 4.28. The van der Waals surface area contributed by atoms with Gasteiger partial charge in [-0.2, -0.15) is 5.10 Å². The van der Waals surface area contributed by atoms with Crippen LogP contribution in [0.25, 0.3) is 11.3 Å². The first-order valence-corrected chi connectivity index (χ1v) is 11.9. The Morgan fingerprint density at radius 2 is 1.89 bits per heavy atom. The largest absolute Gasteiger partial charge is 0.393 e. The van der Waals surface area contributed by atoms with E-state index in [1.54, 1.807) is 12.3 Å². The molecule has 0 radical (unpaired) electrons. The van der Waals surface area contributed by atoms with Crippen LogP contribution in [0.5, 0.6) is 0 Å². The average Bonchev–Trinajstić information content (AvgIpc) is 3.19. The predicted octanol–water partition coefficient (Wildman–Crippen LogP) is 3.67. The van der Waals surface area contributed by atoms with Gasteiger partial charge in [0.2, 0.25) is 0 Å². The van der Waals surface area contributed by atoms with E-state index >= 15 is 0 Å². The Kier molecular flexibility index (Phi) is 4.80. The van der Waals surface area contributed by atoms with Crippen LogP contribution < -0.4 is 5.32 Å². The molecule has 2 N–H and O–H groups in total. The summed E-state index contributed by atoms with van der Waals surface area (Å²) in [6.07, 6.45) is 5.42. The van der Waals surface area contributed by atoms with Crippen LogP contribution in [-0.4, -0.2) is 43.3 Å². The van der Waals surface area contributed by atoms with E-state index < -0.39 is 17.0 Å². The lowest BCUT2D eigenvalue weighted by molar-refractivity contribution is 0.0560. The molecule has 1 aromatic carbocycles. The van der Waals surface area contributed by atoms with Crippen molar-refractivity contribution in [3.8, 4) is 11.3 Å². The minimum absolute atomic E-state index is 0.0660. The fourth-order valence-corrected chi connectivity index (χ4v) is 6.40. The Labute approximate surface area is 201 Å². The first-order valence-electron chi connectivity index (χ1n) is 11.9. The molecule has 35 heavy (non-hydrogen) atoms. The lowest BCUT2D eigenvalue weighted by Gasteiger charge is -2.37. The minimum atomic E-state index is -0.681. The van der Waals surface area contributed by atoms with Crippen molar-refractivity contribution in [1.82, 2.24) is 25.5 Å². The molecular weight excluding hydrogens is 452 g/mol. The molecule has 3 aliphatic rings. The first-order chi connectivity index (χ1) is 16.7. The molecule has 0 saturated heterocycles. The van der Waals surface area contributed by atoms with E-state index in [0.29, 0.717) is 18.5 Å². The highest BCUT2D eigenvalue weighted by Gasteiger charge is 2.65. The number of hydrogen-bond donors (Lipinski definition) is 2. The second-order valence-corrected chi connectivity index (χ2v) is 10.4. The monoisotopic (exact) mass is 477 g/mol. The van der Waals surface area contributed by atoms with E-state index in [2.05, 4.69) is 34.3 Å². The van der Waals surface area contributed by atoms with Crippen molar-refractivity contribution in [3.63, 3.8) is 0 Å². The number of benzene rings is 1. The van der Waals surface area contributed by atoms with Crippen LogP contribution in [0, 0.1) is 17.0 Å². The van der Waals surface area contributed by atoms with Gasteiger partial charge in [0, 0.05) is 12.2 Å². The fraction of sp³-hybridized carbons (Fsp3) is 0.423. The number of nitrogens with one attached hydrogen (secondary N) is 1. The van der Waals surface area contributed by atoms with Gasteiger partial charge in [0.1, 0.15) is 17.3 Å². The van der Waals surface area contributed by atoms with Gasteiger partial charge in [-0.1, -0.05) is 19.9 Å². The average molecular weight is 478 g/mol. The number of fused-ring (bicyclic) bond motifs is 5. The van der Waals surface area contributed by atoms with Gasteiger partial charge < -0.3 is 10.4 Å². The molecule has 2 saturated carbocycles. The number of carbonyl (C=O) groups excluding carboxylic acids is 1. The van der Waals surface area contributed by atoms with Crippen LogP contribution in [-0.2, 0) is 5.41 Å². The number of nitrogens with zero attached hydrogens (tertiary/aromatic N) is 4. The summed E-state index contributed by atoms with van der Waals surface area (Å²) in [7, 11) is 0. The van der Waals surface area contributed by atoms with Crippen molar-refractivity contribution in [2.24, 2.45) is 5.41 Å². The minimum Gasteiger partial charge on any atom is -0.393 e. The van der Waals surface area contributed by atoms with Crippen molar-refractivity contribution < 1.29 is 18.7 Å². The van der Waals surface area contributed by atoms with Crippen LogP contribution in [0.4, 0.5) is 8.78 Å². The van der Waals surface area contributed by atoms with Gasteiger partial charge in [0.05, 0.1) is 40.4 Å². The van der Waals surface area contributed by atoms with Crippen molar-refractivity contribution >= 4 is 5.91 Å². The van der Waals surface area contributed by atoms with Crippen molar-refractivity contribution in [2.45, 2.75) is 63.0 Å². The SMILES string of the molecule is CC1(C)[C@H]2CC[C@]1(c1cncc(C(=O)NC3CC(O)C3)n1)c1nnc(-c3c(F)cccc3F)cc12. The third kappa shape index (κ3) is 3.07. The predicted molar refractivity (Wildman–Crippen MR) is 122 cm³/mol. The molecule has 6 rings (SSSR count). The maximum Gasteiger partial charge on any atom is 0.271 e. The number of aliphatic hydroxyl groups is 1. The van der Waals surface area contributed by atoms with Gasteiger partial charge in [-0.25, -0.2) is 13.8 Å². The summed E-state index contributed by atoms with van der Waals surface area (Å²) in [5.41, 5.74) is 1.53. The number of carbonyl (C=O) groups is 1. The molecule has 3 aromatic rings. The molecule has 0 spiro atoms. The number of halogens is 2. The zero-order chi connectivity index (χ0) is 24.5. The van der Waals surface area contributed by atoms with E-state index in [1.165, 1.54) is 24.4 Å². The summed E-state index contributed by atoms with van der Waals surface area (Å²) in [4.78, 5) is 21.9. The van der Waals surface area contributed by atoms with E-state index in [4.69, 9.17) is 4.98 Å². The molecule has 7 nitrogen and oxygen atoms in total. The second kappa shape index (κ2) is 7.58. The molecular formula is C26H25F2N5O2. The van der Waals surface area contributed by atoms with Crippen LogP contribution in [0.3, 0.4) is 0 Å². The topological polar surface area (TPSA) is 101 Å². The lowest BCUT2D eigenvalue weighted by Crippen LogP contribution is -2.47. The van der Waals surface area contributed by atoms with Crippen molar-refractivity contribution in [3.05, 3.63) is 70.9 Å². The summed E-state index contributed by atoms with van der Waals surface area (Å²) in [5.74, 6) is -1.59. The van der Waals surface area contributed by atoms with Crippen molar-refractivity contribution in [2.75, 3.05) is 0 Å². The van der Waals surface area contributed by atoms with E-state index in [9.17, 15) is 18.7 Å². The molecule has 2 heterocycles. The van der Waals surface area contributed by atoms with E-state index in [1.807, 2.05) is 0 Å². The first kappa shape index (κ1) is 22.2. The lowest BCUT2D eigenvalue weighted by atomic mass is 9.66. The molecule has 0 aliphatic heterocycles. The van der Waals surface area contributed by atoms with Gasteiger partial charge in [0.25, 0.3) is 5.91 Å². The number of hydrogen-bond acceptors (Lipinski definition) is 6. The number of aliphatic hydroxyl groups excluding tert-OH is 1. The van der Waals surface area contributed by atoms with E-state index in [0.717, 1.165) is 24.1 Å². The third-order valence-electron chi connectivity index (χ3n) is 8.35. The van der Waals surface area contributed by atoms with Gasteiger partial charge in [-0.15, -0.1) is 5.10 Å². The highest BCUT2D eigenvalue weighted by atomic mass is 19.1. The molecule has 2 bridgehead atoms. The highest BCUT2D eigenvalue weighted by Crippen LogP contribution is 2.69. The Morgan fingerprint density at radius 3 is 2.60 bits per heavy atom. The van der Waals surface area contributed by atoms with Gasteiger partial charge in [0.15, 0.2) is 0 Å². The summed E-state index contributed by atoms with van der Waals surface area (Å²) in [6, 6.07) is 5.43. The highest BCUT2D eigenvalue weighted by molar-refractivity contribution is 5.92. The summed E-state index contributed by atoms with van der Waals surface area (Å²) in [5, 5.41) is 21.2. The molecule has 180 valence electrons. The van der Waals surface area contributed by atoms with Crippen LogP contribution in [0.1, 0.15) is 72.9 Å². The van der Waals surface area contributed by atoms with Gasteiger partial charge in [-0.05, 0) is 60.8 Å². The number of rotatable bonds is 4. The zero-order valence-corrected chi connectivity index (χ0v) is 19.4. The summed E-state index contributed by atoms with van der Waals surface area (Å²) < 4.78 is 28.9. The Hall–Kier alpha value is -3.33. The molecule has 0 unspecified atom stereocenters. The second-order valence-electron chi connectivity index (χ2n) is 10.4. The molecule has 2 fully saturated rings. The third-order valence-corrected chi connectivity index (χ3v) is 8.35. The zero-order valence-electron chi connectivity index (χ0n) is 19.4. The van der Waals surface area contributed by atoms with E-state index in [-0.39, 0.29) is 46.3 Å². The smallest absolute Gasteiger partial charge is 0.271 e. The standard InChI is InChI=1S/C26H25F2N5O2/c1-25(2)16-6-7-26(25,21-12-29-11-20(31-21)24(35)30-13-8-14(34)9-13)23-15(16)10-19(32-33-23)22-17(27)4-3-5-18(22)28/h3-5,10-14,16,34H,6-9H2,1-2H3,(H,30,35)/t13?,14?,16-,26-/m0/s1. The Bertz CT molecular complexity index is 1340. The number of aromatic nitrogens is 4. The maximum absolute atomic E-state index is 14.5. The fourth-order valence-electron chi connectivity index (χ4n) is 6.40.